The molecule has 1 aliphatic heterocycles. The Bertz CT molecular complexity index is 535. The third-order valence-electron chi connectivity index (χ3n) is 4.32. The van der Waals surface area contributed by atoms with E-state index < -0.39 is 11.8 Å². The van der Waals surface area contributed by atoms with Crippen molar-refractivity contribution in [2.75, 3.05) is 33.4 Å². The van der Waals surface area contributed by atoms with E-state index in [1.165, 1.54) is 4.90 Å². The van der Waals surface area contributed by atoms with E-state index in [4.69, 9.17) is 15.2 Å². The van der Waals surface area contributed by atoms with Crippen LogP contribution in [0.25, 0.3) is 0 Å². The number of methoxy groups -OCH3 is 1. The maximum absolute atomic E-state index is 11.8. The van der Waals surface area contributed by atoms with Crippen LogP contribution in [0.3, 0.4) is 0 Å². The number of primary amides is 1. The summed E-state index contributed by atoms with van der Waals surface area (Å²) in [4.78, 5) is 24.4. The minimum atomic E-state index is -0.896. The molecule has 6 heteroatoms. The van der Waals surface area contributed by atoms with Crippen LogP contribution in [0.2, 0.25) is 0 Å². The fourth-order valence-corrected chi connectivity index (χ4v) is 3.08. The summed E-state index contributed by atoms with van der Waals surface area (Å²) in [5.41, 5.74) is 6.20. The first-order valence-electron chi connectivity index (χ1n) is 8.37. The maximum Gasteiger partial charge on any atom is 0.311 e. The van der Waals surface area contributed by atoms with Crippen molar-refractivity contribution in [1.82, 2.24) is 4.90 Å². The van der Waals surface area contributed by atoms with Crippen LogP contribution in [0.4, 0.5) is 0 Å². The minimum absolute atomic E-state index is 0.0839. The lowest BCUT2D eigenvalue weighted by molar-refractivity contribution is -0.143. The lowest BCUT2D eigenvalue weighted by Crippen LogP contribution is -2.39. The summed E-state index contributed by atoms with van der Waals surface area (Å²) in [6.07, 6.45) is 2.60. The van der Waals surface area contributed by atoms with E-state index >= 15 is 0 Å². The van der Waals surface area contributed by atoms with Gasteiger partial charge in [-0.3, -0.25) is 9.59 Å². The summed E-state index contributed by atoms with van der Waals surface area (Å²) >= 11 is 0. The monoisotopic (exact) mass is 334 g/mol. The predicted molar refractivity (Wildman–Crippen MR) is 90.1 cm³/mol. The summed E-state index contributed by atoms with van der Waals surface area (Å²) in [7, 11) is 1.69. The normalized spacial score (nSPS) is 18.5. The van der Waals surface area contributed by atoms with Crippen molar-refractivity contribution in [2.24, 2.45) is 11.7 Å². The zero-order chi connectivity index (χ0) is 17.4. The smallest absolute Gasteiger partial charge is 0.311 e. The highest BCUT2D eigenvalue weighted by Gasteiger charge is 2.34. The van der Waals surface area contributed by atoms with Crippen LogP contribution in [0, 0.1) is 5.92 Å². The summed E-state index contributed by atoms with van der Waals surface area (Å²) in [6, 6.07) is 10.0. The van der Waals surface area contributed by atoms with Crippen LogP contribution < -0.4 is 5.73 Å². The molecular formula is C18H26N2O4. The first-order chi connectivity index (χ1) is 11.6. The Morgan fingerprint density at radius 1 is 1.25 bits per heavy atom. The molecule has 1 heterocycles. The van der Waals surface area contributed by atoms with Gasteiger partial charge in [0.05, 0.1) is 6.10 Å². The number of benzene rings is 1. The molecule has 1 saturated heterocycles. The average Bonchev–Trinajstić information content (AvgIpc) is 3.07. The number of carbonyl (C=O) groups excluding carboxylic acids is 2. The second-order valence-corrected chi connectivity index (χ2v) is 6.07. The zero-order valence-electron chi connectivity index (χ0n) is 14.1. The first-order valence-corrected chi connectivity index (χ1v) is 8.37. The van der Waals surface area contributed by atoms with Crippen LogP contribution in [0.1, 0.15) is 30.9 Å². The van der Waals surface area contributed by atoms with Crippen molar-refractivity contribution < 1.29 is 19.1 Å². The fraction of sp³-hybridized carbons (Fsp3) is 0.556. The molecule has 0 radical (unpaired) electrons. The van der Waals surface area contributed by atoms with E-state index in [0.717, 1.165) is 31.4 Å². The van der Waals surface area contributed by atoms with Gasteiger partial charge in [-0.2, -0.15) is 0 Å². The van der Waals surface area contributed by atoms with Crippen LogP contribution in [-0.4, -0.2) is 50.1 Å². The third kappa shape index (κ3) is 5.04. The average molecular weight is 334 g/mol. The molecule has 1 unspecified atom stereocenters. The number of nitrogens with two attached hydrogens (primary N) is 1. The molecule has 24 heavy (non-hydrogen) atoms. The zero-order valence-corrected chi connectivity index (χ0v) is 14.1. The van der Waals surface area contributed by atoms with Crippen molar-refractivity contribution >= 4 is 11.8 Å². The van der Waals surface area contributed by atoms with Gasteiger partial charge in [-0.15, -0.1) is 0 Å². The second kappa shape index (κ2) is 9.39. The molecule has 2 rings (SSSR count). The molecule has 1 aromatic rings. The van der Waals surface area contributed by atoms with Gasteiger partial charge in [0.25, 0.3) is 0 Å². The molecule has 0 bridgehead atoms. The van der Waals surface area contributed by atoms with Gasteiger partial charge in [0.1, 0.15) is 0 Å². The highest BCUT2D eigenvalue weighted by molar-refractivity contribution is 6.34. The highest BCUT2D eigenvalue weighted by atomic mass is 16.5. The molecule has 0 aromatic heterocycles. The van der Waals surface area contributed by atoms with Gasteiger partial charge in [-0.1, -0.05) is 30.3 Å². The molecule has 2 amide bonds. The molecule has 2 N–H and O–H groups in total. The van der Waals surface area contributed by atoms with Crippen molar-refractivity contribution in [2.45, 2.75) is 25.4 Å². The Hall–Kier alpha value is -1.92. The number of rotatable bonds is 8. The number of carbonyl (C=O) groups is 2. The van der Waals surface area contributed by atoms with Gasteiger partial charge in [0.2, 0.25) is 0 Å². The molecule has 0 aliphatic carbocycles. The molecule has 1 fully saturated rings. The third-order valence-corrected chi connectivity index (χ3v) is 4.32. The topological polar surface area (TPSA) is 81.9 Å². The summed E-state index contributed by atoms with van der Waals surface area (Å²) in [5.74, 6) is -1.34. The molecule has 0 saturated carbocycles. The Morgan fingerprint density at radius 2 is 1.96 bits per heavy atom. The minimum Gasteiger partial charge on any atom is -0.385 e. The number of ether oxygens (including phenoxy) is 2. The van der Waals surface area contributed by atoms with Crippen LogP contribution >= 0.6 is 0 Å². The molecule has 6 nitrogen and oxygen atoms in total. The van der Waals surface area contributed by atoms with Gasteiger partial charge in [-0.25, -0.2) is 0 Å². The van der Waals surface area contributed by atoms with E-state index in [0.29, 0.717) is 19.7 Å². The molecule has 2 atom stereocenters. The lowest BCUT2D eigenvalue weighted by Gasteiger charge is -2.25. The van der Waals surface area contributed by atoms with E-state index in [-0.39, 0.29) is 12.0 Å². The number of hydrogen-bond acceptors (Lipinski definition) is 4. The standard InChI is InChI=1S/C18H26N2O4/c1-23-11-5-6-12-24-16(14-7-3-2-4-8-14)15-9-10-20(13-15)18(22)17(19)21/h2-4,7-8,15-16H,5-6,9-13H2,1H3,(H2,19,21)/t15?,16-/m0/s1. The Morgan fingerprint density at radius 3 is 2.62 bits per heavy atom. The van der Waals surface area contributed by atoms with Gasteiger partial charge in [0, 0.05) is 39.3 Å². The van der Waals surface area contributed by atoms with Gasteiger partial charge < -0.3 is 20.1 Å². The van der Waals surface area contributed by atoms with Gasteiger partial charge in [0.15, 0.2) is 0 Å². The molecule has 0 spiro atoms. The van der Waals surface area contributed by atoms with Crippen LogP contribution in [-0.2, 0) is 19.1 Å². The van der Waals surface area contributed by atoms with E-state index in [9.17, 15) is 9.59 Å². The molecule has 1 aliphatic rings. The predicted octanol–water partition coefficient (Wildman–Crippen LogP) is 1.50. The van der Waals surface area contributed by atoms with E-state index in [1.807, 2.05) is 30.3 Å². The Labute approximate surface area is 142 Å². The van der Waals surface area contributed by atoms with Crippen molar-refractivity contribution in [3.05, 3.63) is 35.9 Å². The summed E-state index contributed by atoms with van der Waals surface area (Å²) in [6.45, 7) is 2.41. The second-order valence-electron chi connectivity index (χ2n) is 6.07. The SMILES string of the molecule is COCCCCO[C@@H](c1ccccc1)C1CCN(C(=O)C(N)=O)C1. The van der Waals surface area contributed by atoms with Crippen molar-refractivity contribution in [3.63, 3.8) is 0 Å². The largest absolute Gasteiger partial charge is 0.385 e. The number of likely N-dealkylation sites (tertiary alicyclic amines) is 1. The molecule has 1 aromatic carbocycles. The Balaban J connectivity index is 1.98. The van der Waals surface area contributed by atoms with E-state index in [2.05, 4.69) is 0 Å². The number of unbranched alkanes of at least 4 members (excludes halogenated alkanes) is 1. The lowest BCUT2D eigenvalue weighted by atomic mass is 9.95. The summed E-state index contributed by atoms with van der Waals surface area (Å²) in [5, 5.41) is 0. The van der Waals surface area contributed by atoms with Gasteiger partial charge in [-0.05, 0) is 24.8 Å². The first kappa shape index (κ1) is 18.4. The fourth-order valence-electron chi connectivity index (χ4n) is 3.08. The van der Waals surface area contributed by atoms with Gasteiger partial charge >= 0.3 is 11.8 Å². The molecule has 132 valence electrons. The maximum atomic E-state index is 11.8. The number of hydrogen-bond donors (Lipinski definition) is 1. The summed E-state index contributed by atoms with van der Waals surface area (Å²) < 4.78 is 11.2. The Kier molecular flexibility index (Phi) is 7.21. The highest BCUT2D eigenvalue weighted by Crippen LogP contribution is 2.33. The van der Waals surface area contributed by atoms with Crippen LogP contribution in [0.15, 0.2) is 30.3 Å². The van der Waals surface area contributed by atoms with Crippen LogP contribution in [0.5, 0.6) is 0 Å². The quantitative estimate of drug-likeness (QED) is 0.577. The van der Waals surface area contributed by atoms with Crippen molar-refractivity contribution in [1.29, 1.82) is 0 Å². The molecular weight excluding hydrogens is 308 g/mol. The number of amides is 2. The van der Waals surface area contributed by atoms with E-state index in [1.54, 1.807) is 7.11 Å². The number of nitrogens with zero attached hydrogens (tertiary/aromatic N) is 1. The van der Waals surface area contributed by atoms with Crippen molar-refractivity contribution in [3.8, 4) is 0 Å².